The minimum absolute atomic E-state index is 0.0564. The van der Waals surface area contributed by atoms with E-state index < -0.39 is 10.0 Å². The minimum Gasteiger partial charge on any atom is -0.491 e. The smallest absolute Gasteiger partial charge is 0.251 e. The summed E-state index contributed by atoms with van der Waals surface area (Å²) in [6.07, 6.45) is 3.94. The number of hydrogen-bond donors (Lipinski definition) is 2. The second kappa shape index (κ2) is 11.1. The lowest BCUT2D eigenvalue weighted by molar-refractivity contribution is 0.0679. The van der Waals surface area contributed by atoms with Gasteiger partial charge in [-0.25, -0.2) is 13.1 Å². The number of ether oxygens (including phenoxy) is 3. The first-order valence-electron chi connectivity index (χ1n) is 11.3. The molecule has 2 aliphatic heterocycles. The van der Waals surface area contributed by atoms with Gasteiger partial charge >= 0.3 is 0 Å². The van der Waals surface area contributed by atoms with Crippen molar-refractivity contribution in [2.75, 3.05) is 26.4 Å². The van der Waals surface area contributed by atoms with E-state index in [1.807, 2.05) is 24.3 Å². The van der Waals surface area contributed by atoms with Crippen LogP contribution in [0.4, 0.5) is 0 Å². The van der Waals surface area contributed by atoms with Crippen molar-refractivity contribution in [3.8, 4) is 5.75 Å². The first-order chi connectivity index (χ1) is 16.0. The van der Waals surface area contributed by atoms with Crippen molar-refractivity contribution in [3.63, 3.8) is 0 Å². The van der Waals surface area contributed by atoms with Crippen molar-refractivity contribution < 1.29 is 27.4 Å². The molecule has 1 amide bonds. The zero-order valence-corrected chi connectivity index (χ0v) is 19.3. The molecule has 33 heavy (non-hydrogen) atoms. The van der Waals surface area contributed by atoms with E-state index in [4.69, 9.17) is 14.2 Å². The highest BCUT2D eigenvalue weighted by Crippen LogP contribution is 2.17. The lowest BCUT2D eigenvalue weighted by atomic mass is 10.2. The van der Waals surface area contributed by atoms with Crippen molar-refractivity contribution in [3.05, 3.63) is 59.7 Å². The van der Waals surface area contributed by atoms with Crippen molar-refractivity contribution in [1.29, 1.82) is 0 Å². The van der Waals surface area contributed by atoms with E-state index in [9.17, 15) is 13.2 Å². The number of carbonyl (C=O) groups excluding carboxylic acids is 1. The third kappa shape index (κ3) is 6.77. The molecule has 2 unspecified atom stereocenters. The van der Waals surface area contributed by atoms with E-state index in [2.05, 4.69) is 10.0 Å². The minimum atomic E-state index is -3.72. The van der Waals surface area contributed by atoms with Gasteiger partial charge in [-0.05, 0) is 61.6 Å². The number of sulfonamides is 1. The van der Waals surface area contributed by atoms with E-state index in [-0.39, 0.29) is 35.1 Å². The fraction of sp³-hybridized carbons (Fsp3) is 0.458. The summed E-state index contributed by atoms with van der Waals surface area (Å²) in [5.74, 6) is 0.416. The molecule has 0 saturated carbocycles. The molecule has 9 heteroatoms. The lowest BCUT2D eigenvalue weighted by Gasteiger charge is -2.13. The zero-order valence-electron chi connectivity index (χ0n) is 18.5. The molecule has 2 N–H and O–H groups in total. The Labute approximate surface area is 194 Å². The van der Waals surface area contributed by atoms with Crippen molar-refractivity contribution in [2.24, 2.45) is 0 Å². The maximum absolute atomic E-state index is 12.6. The highest BCUT2D eigenvalue weighted by molar-refractivity contribution is 7.89. The summed E-state index contributed by atoms with van der Waals surface area (Å²) in [6, 6.07) is 13.5. The first kappa shape index (κ1) is 23.7. The number of carbonyl (C=O) groups is 1. The Morgan fingerprint density at radius 3 is 2.42 bits per heavy atom. The summed E-state index contributed by atoms with van der Waals surface area (Å²) in [5.41, 5.74) is 1.20. The van der Waals surface area contributed by atoms with Gasteiger partial charge in [0.15, 0.2) is 0 Å². The van der Waals surface area contributed by atoms with Crippen LogP contribution in [-0.2, 0) is 26.0 Å². The van der Waals surface area contributed by atoms with Crippen molar-refractivity contribution >= 4 is 15.9 Å². The third-order valence-corrected chi connectivity index (χ3v) is 7.19. The van der Waals surface area contributed by atoms with E-state index >= 15 is 0 Å². The van der Waals surface area contributed by atoms with Crippen molar-refractivity contribution in [1.82, 2.24) is 10.0 Å². The van der Waals surface area contributed by atoms with Gasteiger partial charge in [0.05, 0.1) is 17.1 Å². The SMILES string of the molecule is O=C(NCc1ccc(OCC2CCCO2)cc1)c1cccc(S(=O)(=O)NCC2CCCO2)c1. The van der Waals surface area contributed by atoms with E-state index in [0.29, 0.717) is 19.8 Å². The largest absolute Gasteiger partial charge is 0.491 e. The molecule has 0 spiro atoms. The van der Waals surface area contributed by atoms with E-state index in [1.54, 1.807) is 12.1 Å². The molecule has 2 atom stereocenters. The van der Waals surface area contributed by atoms with Crippen LogP contribution < -0.4 is 14.8 Å². The van der Waals surface area contributed by atoms with Gasteiger partial charge in [0.1, 0.15) is 12.4 Å². The van der Waals surface area contributed by atoms with Crippen LogP contribution in [0.5, 0.6) is 5.75 Å². The Balaban J connectivity index is 1.28. The molecule has 8 nitrogen and oxygen atoms in total. The summed E-state index contributed by atoms with van der Waals surface area (Å²) in [6.45, 7) is 2.55. The fourth-order valence-corrected chi connectivity index (χ4v) is 4.96. The van der Waals surface area contributed by atoms with Crippen LogP contribution >= 0.6 is 0 Å². The van der Waals surface area contributed by atoms with Crippen LogP contribution in [0.25, 0.3) is 0 Å². The lowest BCUT2D eigenvalue weighted by Crippen LogP contribution is -2.32. The van der Waals surface area contributed by atoms with Crippen LogP contribution in [0.15, 0.2) is 53.4 Å². The molecule has 2 fully saturated rings. The summed E-state index contributed by atoms with van der Waals surface area (Å²) in [7, 11) is -3.72. The van der Waals surface area contributed by atoms with E-state index in [0.717, 1.165) is 43.6 Å². The van der Waals surface area contributed by atoms with Gasteiger partial charge in [0.25, 0.3) is 5.91 Å². The highest BCUT2D eigenvalue weighted by Gasteiger charge is 2.21. The predicted octanol–water partition coefficient (Wildman–Crippen LogP) is 2.63. The molecule has 0 aromatic heterocycles. The topological polar surface area (TPSA) is 103 Å². The molecule has 2 aromatic rings. The number of nitrogens with one attached hydrogen (secondary N) is 2. The van der Waals surface area contributed by atoms with Crippen LogP contribution in [0, 0.1) is 0 Å². The Morgan fingerprint density at radius 2 is 1.73 bits per heavy atom. The van der Waals surface area contributed by atoms with Gasteiger partial charge in [-0.1, -0.05) is 18.2 Å². The van der Waals surface area contributed by atoms with Crippen LogP contribution in [0.1, 0.15) is 41.6 Å². The van der Waals surface area contributed by atoms with Gasteiger partial charge in [0.2, 0.25) is 10.0 Å². The first-order valence-corrected chi connectivity index (χ1v) is 12.8. The summed E-state index contributed by atoms with van der Waals surface area (Å²) in [4.78, 5) is 12.7. The maximum atomic E-state index is 12.6. The summed E-state index contributed by atoms with van der Waals surface area (Å²) >= 11 is 0. The Hall–Kier alpha value is -2.46. The monoisotopic (exact) mass is 474 g/mol. The molecule has 0 bridgehead atoms. The quantitative estimate of drug-likeness (QED) is 0.549. The van der Waals surface area contributed by atoms with Crippen LogP contribution in [0.3, 0.4) is 0 Å². The average molecular weight is 475 g/mol. The molecule has 2 heterocycles. The Bertz CT molecular complexity index is 1030. The number of hydrogen-bond acceptors (Lipinski definition) is 6. The summed E-state index contributed by atoms with van der Waals surface area (Å²) in [5, 5.41) is 2.83. The maximum Gasteiger partial charge on any atom is 0.251 e. The van der Waals surface area contributed by atoms with Crippen molar-refractivity contribution in [2.45, 2.75) is 49.3 Å². The molecule has 4 rings (SSSR count). The van der Waals surface area contributed by atoms with Gasteiger partial charge in [0, 0.05) is 31.9 Å². The standard InChI is InChI=1S/C24H30N2O6S/c27-24(25-15-18-8-10-20(11-9-18)32-17-22-6-3-13-31-22)19-4-1-7-23(14-19)33(28,29)26-16-21-5-2-12-30-21/h1,4,7-11,14,21-22,26H,2-3,5-6,12-13,15-17H2,(H,25,27). The average Bonchev–Trinajstić information content (AvgIpc) is 3.55. The molecule has 0 radical (unpaired) electrons. The molecule has 0 aliphatic carbocycles. The highest BCUT2D eigenvalue weighted by atomic mass is 32.2. The van der Waals surface area contributed by atoms with Gasteiger partial charge in [-0.15, -0.1) is 0 Å². The predicted molar refractivity (Wildman–Crippen MR) is 123 cm³/mol. The molecular formula is C24H30N2O6S. The van der Waals surface area contributed by atoms with Crippen LogP contribution in [-0.4, -0.2) is 52.9 Å². The van der Waals surface area contributed by atoms with E-state index in [1.165, 1.54) is 12.1 Å². The number of rotatable bonds is 10. The normalized spacial score (nSPS) is 20.6. The molecule has 2 aromatic carbocycles. The molecule has 178 valence electrons. The zero-order chi connectivity index (χ0) is 23.1. The third-order valence-electron chi connectivity index (χ3n) is 5.77. The second-order valence-corrected chi connectivity index (χ2v) is 10.1. The number of amides is 1. The van der Waals surface area contributed by atoms with Gasteiger partial charge in [-0.3, -0.25) is 4.79 Å². The van der Waals surface area contributed by atoms with Crippen LogP contribution in [0.2, 0.25) is 0 Å². The Kier molecular flexibility index (Phi) is 7.97. The molecule has 2 saturated heterocycles. The second-order valence-electron chi connectivity index (χ2n) is 8.29. The van der Waals surface area contributed by atoms with Gasteiger partial charge < -0.3 is 19.5 Å². The molecule has 2 aliphatic rings. The summed E-state index contributed by atoms with van der Waals surface area (Å²) < 4.78 is 44.5. The number of benzene rings is 2. The Morgan fingerprint density at radius 1 is 1.00 bits per heavy atom. The van der Waals surface area contributed by atoms with Gasteiger partial charge in [-0.2, -0.15) is 0 Å². The molecular weight excluding hydrogens is 444 g/mol. The fourth-order valence-electron chi connectivity index (χ4n) is 3.85.